The molecule has 96 valence electrons. The number of hydrogen-bond acceptors (Lipinski definition) is 4. The molecule has 1 heterocycles. The molecule has 5 N–H and O–H groups in total. The summed E-state index contributed by atoms with van der Waals surface area (Å²) >= 11 is 0. The minimum Gasteiger partial charge on any atom is -0.481 e. The molecule has 2 aromatic rings. The Morgan fingerprint density at radius 2 is 2.28 bits per heavy atom. The standard InChI is InChI=1S/C12H16N4O2/c13-8(5-12(17)18)6-14-7-11-15-9-3-1-2-4-10(9)16-11/h1-4,8,14H,5-7,13H2,(H,15,16)(H,17,18). The van der Waals surface area contributed by atoms with Gasteiger partial charge in [0, 0.05) is 12.6 Å². The molecule has 6 heteroatoms. The number of fused-ring (bicyclic) bond motifs is 1. The number of hydrogen-bond donors (Lipinski definition) is 4. The number of nitrogens with one attached hydrogen (secondary N) is 2. The molecular weight excluding hydrogens is 232 g/mol. The zero-order valence-electron chi connectivity index (χ0n) is 9.89. The minimum absolute atomic E-state index is 0.0346. The van der Waals surface area contributed by atoms with E-state index in [1.165, 1.54) is 0 Å². The molecule has 2 rings (SSSR count). The number of benzene rings is 1. The molecule has 0 aliphatic rings. The van der Waals surface area contributed by atoms with Gasteiger partial charge in [-0.2, -0.15) is 0 Å². The number of carboxylic acid groups (broad SMARTS) is 1. The zero-order chi connectivity index (χ0) is 13.0. The summed E-state index contributed by atoms with van der Waals surface area (Å²) in [5.74, 6) is -0.0632. The summed E-state index contributed by atoms with van der Waals surface area (Å²) < 4.78 is 0. The first-order valence-electron chi connectivity index (χ1n) is 5.77. The Hall–Kier alpha value is -1.92. The van der Waals surface area contributed by atoms with Crippen LogP contribution >= 0.6 is 0 Å². The van der Waals surface area contributed by atoms with E-state index in [9.17, 15) is 4.79 Å². The van der Waals surface area contributed by atoms with E-state index in [1.54, 1.807) is 0 Å². The molecule has 0 fully saturated rings. The fourth-order valence-corrected chi connectivity index (χ4v) is 1.76. The maximum atomic E-state index is 10.4. The average Bonchev–Trinajstić information content (AvgIpc) is 2.70. The predicted molar refractivity (Wildman–Crippen MR) is 68.0 cm³/mol. The van der Waals surface area contributed by atoms with Crippen molar-refractivity contribution in [1.29, 1.82) is 0 Å². The number of imidazole rings is 1. The Labute approximate surface area is 104 Å². The van der Waals surface area contributed by atoms with Crippen molar-refractivity contribution in [2.75, 3.05) is 6.54 Å². The van der Waals surface area contributed by atoms with Gasteiger partial charge in [-0.05, 0) is 12.1 Å². The zero-order valence-corrected chi connectivity index (χ0v) is 9.89. The topological polar surface area (TPSA) is 104 Å². The van der Waals surface area contributed by atoms with Gasteiger partial charge in [0.1, 0.15) is 5.82 Å². The molecule has 1 unspecified atom stereocenters. The highest BCUT2D eigenvalue weighted by molar-refractivity contribution is 5.74. The van der Waals surface area contributed by atoms with E-state index < -0.39 is 5.97 Å². The van der Waals surface area contributed by atoms with Crippen molar-refractivity contribution in [2.24, 2.45) is 5.73 Å². The number of para-hydroxylation sites is 2. The van der Waals surface area contributed by atoms with Gasteiger partial charge in [0.05, 0.1) is 24.0 Å². The summed E-state index contributed by atoms with van der Waals surface area (Å²) in [6.07, 6.45) is -0.0346. The highest BCUT2D eigenvalue weighted by atomic mass is 16.4. The van der Waals surface area contributed by atoms with Gasteiger partial charge >= 0.3 is 5.97 Å². The lowest BCUT2D eigenvalue weighted by Gasteiger charge is -2.08. The molecule has 18 heavy (non-hydrogen) atoms. The number of nitrogens with two attached hydrogens (primary N) is 1. The van der Waals surface area contributed by atoms with E-state index in [0.29, 0.717) is 13.1 Å². The number of nitrogens with zero attached hydrogens (tertiary/aromatic N) is 1. The fourth-order valence-electron chi connectivity index (χ4n) is 1.76. The second kappa shape index (κ2) is 5.61. The smallest absolute Gasteiger partial charge is 0.304 e. The van der Waals surface area contributed by atoms with Crippen molar-refractivity contribution >= 4 is 17.0 Å². The molecule has 0 amide bonds. The van der Waals surface area contributed by atoms with E-state index in [4.69, 9.17) is 10.8 Å². The Kier molecular flexibility index (Phi) is 3.91. The van der Waals surface area contributed by atoms with Gasteiger partial charge in [0.2, 0.25) is 0 Å². The van der Waals surface area contributed by atoms with E-state index in [2.05, 4.69) is 15.3 Å². The molecule has 0 saturated heterocycles. The van der Waals surface area contributed by atoms with Crippen molar-refractivity contribution in [3.63, 3.8) is 0 Å². The highest BCUT2D eigenvalue weighted by Gasteiger charge is 2.08. The molecule has 6 nitrogen and oxygen atoms in total. The maximum absolute atomic E-state index is 10.4. The van der Waals surface area contributed by atoms with Crippen LogP contribution < -0.4 is 11.1 Å². The molecule has 1 aromatic heterocycles. The average molecular weight is 248 g/mol. The first-order chi connectivity index (χ1) is 8.65. The molecule has 0 bridgehead atoms. The Bertz CT molecular complexity index is 505. The Morgan fingerprint density at radius 1 is 1.50 bits per heavy atom. The SMILES string of the molecule is NC(CNCc1nc2ccccc2[nH]1)CC(=O)O. The number of H-pyrrole nitrogens is 1. The van der Waals surface area contributed by atoms with Crippen LogP contribution in [0.1, 0.15) is 12.2 Å². The van der Waals surface area contributed by atoms with Gasteiger partial charge < -0.3 is 21.1 Å². The minimum atomic E-state index is -0.881. The van der Waals surface area contributed by atoms with E-state index >= 15 is 0 Å². The molecule has 1 atom stereocenters. The Morgan fingerprint density at radius 3 is 3.00 bits per heavy atom. The first kappa shape index (κ1) is 12.5. The number of aromatic amines is 1. The summed E-state index contributed by atoms with van der Waals surface area (Å²) in [5.41, 5.74) is 7.55. The third-order valence-corrected chi connectivity index (χ3v) is 2.57. The number of aliphatic carboxylic acids is 1. The molecule has 0 aliphatic heterocycles. The second-order valence-corrected chi connectivity index (χ2v) is 4.19. The van der Waals surface area contributed by atoms with Crippen LogP contribution in [0.3, 0.4) is 0 Å². The molecule has 0 radical (unpaired) electrons. The van der Waals surface area contributed by atoms with Crippen LogP contribution in [-0.2, 0) is 11.3 Å². The third kappa shape index (κ3) is 3.28. The first-order valence-corrected chi connectivity index (χ1v) is 5.77. The lowest BCUT2D eigenvalue weighted by atomic mass is 10.2. The van der Waals surface area contributed by atoms with Crippen LogP contribution in [0.15, 0.2) is 24.3 Å². The summed E-state index contributed by atoms with van der Waals surface area (Å²) in [5, 5.41) is 11.7. The summed E-state index contributed by atoms with van der Waals surface area (Å²) in [6, 6.07) is 7.39. The number of carbonyl (C=O) groups is 1. The monoisotopic (exact) mass is 248 g/mol. The number of aromatic nitrogens is 2. The molecule has 0 spiro atoms. The van der Waals surface area contributed by atoms with E-state index in [1.807, 2.05) is 24.3 Å². The molecule has 0 saturated carbocycles. The molecule has 0 aliphatic carbocycles. The van der Waals surface area contributed by atoms with Crippen molar-refractivity contribution in [1.82, 2.24) is 15.3 Å². The largest absolute Gasteiger partial charge is 0.481 e. The predicted octanol–water partition coefficient (Wildman–Crippen LogP) is 0.454. The number of rotatable bonds is 6. The van der Waals surface area contributed by atoms with Crippen molar-refractivity contribution in [3.05, 3.63) is 30.1 Å². The fraction of sp³-hybridized carbons (Fsp3) is 0.333. The van der Waals surface area contributed by atoms with Gasteiger partial charge in [-0.1, -0.05) is 12.1 Å². The lowest BCUT2D eigenvalue weighted by Crippen LogP contribution is -2.35. The molecular formula is C12H16N4O2. The van der Waals surface area contributed by atoms with Crippen molar-refractivity contribution in [3.8, 4) is 0 Å². The molecule has 1 aromatic carbocycles. The van der Waals surface area contributed by atoms with E-state index in [-0.39, 0.29) is 12.5 Å². The second-order valence-electron chi connectivity index (χ2n) is 4.19. The van der Waals surface area contributed by atoms with Gasteiger partial charge in [-0.25, -0.2) is 4.98 Å². The van der Waals surface area contributed by atoms with Crippen LogP contribution in [-0.4, -0.2) is 33.6 Å². The van der Waals surface area contributed by atoms with Gasteiger partial charge in [0.15, 0.2) is 0 Å². The normalized spacial score (nSPS) is 12.7. The lowest BCUT2D eigenvalue weighted by molar-refractivity contribution is -0.137. The summed E-state index contributed by atoms with van der Waals surface area (Å²) in [6.45, 7) is 0.991. The van der Waals surface area contributed by atoms with Crippen LogP contribution in [0.2, 0.25) is 0 Å². The quantitative estimate of drug-likeness (QED) is 0.594. The van der Waals surface area contributed by atoms with Crippen molar-refractivity contribution in [2.45, 2.75) is 19.0 Å². The number of carboxylic acids is 1. The highest BCUT2D eigenvalue weighted by Crippen LogP contribution is 2.09. The summed E-state index contributed by atoms with van der Waals surface area (Å²) in [4.78, 5) is 18.0. The Balaban J connectivity index is 1.85. The van der Waals surface area contributed by atoms with Gasteiger partial charge in [-0.15, -0.1) is 0 Å². The van der Waals surface area contributed by atoms with Gasteiger partial charge in [-0.3, -0.25) is 4.79 Å². The third-order valence-electron chi connectivity index (χ3n) is 2.57. The van der Waals surface area contributed by atoms with E-state index in [0.717, 1.165) is 16.9 Å². The van der Waals surface area contributed by atoms with Gasteiger partial charge in [0.25, 0.3) is 0 Å². The van der Waals surface area contributed by atoms with Crippen LogP contribution in [0.5, 0.6) is 0 Å². The van der Waals surface area contributed by atoms with Crippen LogP contribution in [0.4, 0.5) is 0 Å². The van der Waals surface area contributed by atoms with Crippen LogP contribution in [0.25, 0.3) is 11.0 Å². The van der Waals surface area contributed by atoms with Crippen LogP contribution in [0, 0.1) is 0 Å². The van der Waals surface area contributed by atoms with Crippen molar-refractivity contribution < 1.29 is 9.90 Å². The maximum Gasteiger partial charge on any atom is 0.304 e. The summed E-state index contributed by atoms with van der Waals surface area (Å²) in [7, 11) is 0.